The van der Waals surface area contributed by atoms with Gasteiger partial charge in [0.1, 0.15) is 0 Å². The van der Waals surface area contributed by atoms with Crippen LogP contribution in [0.25, 0.3) is 0 Å². The van der Waals surface area contributed by atoms with Gasteiger partial charge < -0.3 is 16.0 Å². The van der Waals surface area contributed by atoms with Gasteiger partial charge in [-0.15, -0.1) is 12.4 Å². The van der Waals surface area contributed by atoms with Crippen LogP contribution < -0.4 is 11.1 Å². The Balaban J connectivity index is 0.00000576. The van der Waals surface area contributed by atoms with Crippen molar-refractivity contribution < 1.29 is 22.8 Å². The summed E-state index contributed by atoms with van der Waals surface area (Å²) in [4.78, 5) is 25.4. The lowest BCUT2D eigenvalue weighted by Crippen LogP contribution is -2.39. The molecule has 0 bridgehead atoms. The predicted molar refractivity (Wildman–Crippen MR) is 91.9 cm³/mol. The van der Waals surface area contributed by atoms with E-state index in [1.54, 1.807) is 6.92 Å². The third-order valence-corrected chi connectivity index (χ3v) is 3.30. The van der Waals surface area contributed by atoms with Crippen LogP contribution in [0.1, 0.15) is 33.1 Å². The van der Waals surface area contributed by atoms with Crippen LogP contribution in [0.3, 0.4) is 0 Å². The van der Waals surface area contributed by atoms with Crippen LogP contribution in [0.5, 0.6) is 0 Å². The number of anilines is 1. The van der Waals surface area contributed by atoms with E-state index in [1.807, 2.05) is 6.92 Å². The molecule has 0 saturated heterocycles. The van der Waals surface area contributed by atoms with E-state index in [2.05, 4.69) is 5.32 Å². The second-order valence-electron chi connectivity index (χ2n) is 5.60. The second-order valence-corrected chi connectivity index (χ2v) is 5.60. The molecule has 9 heteroatoms. The average Bonchev–Trinajstić information content (AvgIpc) is 2.52. The third kappa shape index (κ3) is 7.31. The number of nitrogens with two attached hydrogens (primary N) is 1. The quantitative estimate of drug-likeness (QED) is 0.680. The molecule has 142 valence electrons. The van der Waals surface area contributed by atoms with Crippen LogP contribution in [-0.2, 0) is 9.59 Å². The predicted octanol–water partition coefficient (Wildman–Crippen LogP) is 2.83. The summed E-state index contributed by atoms with van der Waals surface area (Å²) >= 11 is 0. The zero-order chi connectivity index (χ0) is 18.3. The number of benzene rings is 1. The lowest BCUT2D eigenvalue weighted by atomic mass is 10.2. The summed E-state index contributed by atoms with van der Waals surface area (Å²) in [7, 11) is 0. The number of hydrogen-bond acceptors (Lipinski definition) is 3. The Bertz CT molecular complexity index is 600. The van der Waals surface area contributed by atoms with Gasteiger partial charge in [0.05, 0.1) is 12.2 Å². The maximum absolute atomic E-state index is 13.6. The summed E-state index contributed by atoms with van der Waals surface area (Å²) in [5.41, 5.74) is 5.13. The van der Waals surface area contributed by atoms with Crippen molar-refractivity contribution in [3.63, 3.8) is 0 Å². The highest BCUT2D eigenvalue weighted by atomic mass is 35.5. The standard InChI is InChI=1S/C16H22F3N3O2.ClH/c1-3-8-22(14(24)7-4-10(2)20)9-13(23)21-12-6-5-11(17)15(18)16(12)19;/h5-6,10H,3-4,7-9,20H2,1-2H3,(H,21,23);1H. The van der Waals surface area contributed by atoms with Crippen molar-refractivity contribution in [3.05, 3.63) is 29.6 Å². The van der Waals surface area contributed by atoms with E-state index in [0.29, 0.717) is 25.5 Å². The molecule has 0 aliphatic heterocycles. The topological polar surface area (TPSA) is 75.4 Å². The molecular weight excluding hydrogens is 359 g/mol. The van der Waals surface area contributed by atoms with Gasteiger partial charge in [0, 0.05) is 19.0 Å². The number of carbonyl (C=O) groups is 2. The maximum atomic E-state index is 13.6. The van der Waals surface area contributed by atoms with Crippen molar-refractivity contribution in [1.29, 1.82) is 0 Å². The molecule has 1 aromatic rings. The first kappa shape index (κ1) is 23.2. The molecule has 1 aromatic carbocycles. The fourth-order valence-corrected chi connectivity index (χ4v) is 2.06. The molecule has 0 radical (unpaired) electrons. The molecule has 0 aromatic heterocycles. The molecule has 2 amide bonds. The fourth-order valence-electron chi connectivity index (χ4n) is 2.06. The molecule has 3 N–H and O–H groups in total. The van der Waals surface area contributed by atoms with E-state index in [9.17, 15) is 22.8 Å². The normalized spacial score (nSPS) is 11.4. The third-order valence-electron chi connectivity index (χ3n) is 3.30. The molecule has 0 saturated carbocycles. The Labute approximate surface area is 151 Å². The Kier molecular flexibility index (Phi) is 10.2. The van der Waals surface area contributed by atoms with Crippen LogP contribution in [-0.4, -0.2) is 35.8 Å². The number of rotatable bonds is 8. The highest BCUT2D eigenvalue weighted by molar-refractivity contribution is 5.94. The molecule has 0 aliphatic carbocycles. The summed E-state index contributed by atoms with van der Waals surface area (Å²) in [6.45, 7) is 3.67. The zero-order valence-electron chi connectivity index (χ0n) is 14.2. The first-order valence-electron chi connectivity index (χ1n) is 7.73. The average molecular weight is 382 g/mol. The smallest absolute Gasteiger partial charge is 0.244 e. The van der Waals surface area contributed by atoms with Gasteiger partial charge in [-0.25, -0.2) is 13.2 Å². The Morgan fingerprint density at radius 1 is 1.24 bits per heavy atom. The molecule has 25 heavy (non-hydrogen) atoms. The van der Waals surface area contributed by atoms with Gasteiger partial charge >= 0.3 is 0 Å². The molecule has 1 unspecified atom stereocenters. The molecule has 1 rings (SSSR count). The van der Waals surface area contributed by atoms with Crippen molar-refractivity contribution in [3.8, 4) is 0 Å². The summed E-state index contributed by atoms with van der Waals surface area (Å²) in [5.74, 6) is -5.42. The number of amides is 2. The Hall–Kier alpha value is -1.80. The summed E-state index contributed by atoms with van der Waals surface area (Å²) < 4.78 is 39.6. The number of hydrogen-bond donors (Lipinski definition) is 2. The van der Waals surface area contributed by atoms with E-state index < -0.39 is 29.0 Å². The monoisotopic (exact) mass is 381 g/mol. The second kappa shape index (κ2) is 10.9. The van der Waals surface area contributed by atoms with Gasteiger partial charge in [0.15, 0.2) is 17.5 Å². The SMILES string of the molecule is CCCN(CC(=O)Nc1ccc(F)c(F)c1F)C(=O)CCC(C)N.Cl. The van der Waals surface area contributed by atoms with E-state index in [-0.39, 0.29) is 37.3 Å². The Morgan fingerprint density at radius 3 is 2.44 bits per heavy atom. The van der Waals surface area contributed by atoms with Crippen LogP contribution in [0.4, 0.5) is 18.9 Å². The van der Waals surface area contributed by atoms with Gasteiger partial charge in [-0.1, -0.05) is 6.92 Å². The molecule has 0 fully saturated rings. The number of halogens is 4. The van der Waals surface area contributed by atoms with Crippen molar-refractivity contribution in [2.75, 3.05) is 18.4 Å². The van der Waals surface area contributed by atoms with Crippen LogP contribution in [0.2, 0.25) is 0 Å². The molecule has 1 atom stereocenters. The van der Waals surface area contributed by atoms with Crippen molar-refractivity contribution >= 4 is 29.9 Å². The lowest BCUT2D eigenvalue weighted by Gasteiger charge is -2.22. The van der Waals surface area contributed by atoms with Gasteiger partial charge in [-0.05, 0) is 31.9 Å². The van der Waals surface area contributed by atoms with E-state index in [1.165, 1.54) is 4.90 Å². The number of nitrogens with one attached hydrogen (secondary N) is 1. The van der Waals surface area contributed by atoms with E-state index in [4.69, 9.17) is 5.73 Å². The lowest BCUT2D eigenvalue weighted by molar-refractivity contribution is -0.134. The van der Waals surface area contributed by atoms with Gasteiger partial charge in [-0.2, -0.15) is 0 Å². The first-order valence-corrected chi connectivity index (χ1v) is 7.73. The van der Waals surface area contributed by atoms with Crippen LogP contribution in [0.15, 0.2) is 12.1 Å². The van der Waals surface area contributed by atoms with Crippen molar-refractivity contribution in [2.45, 2.75) is 39.2 Å². The zero-order valence-corrected chi connectivity index (χ0v) is 15.0. The summed E-state index contributed by atoms with van der Waals surface area (Å²) in [6, 6.07) is 1.50. The van der Waals surface area contributed by atoms with Crippen LogP contribution >= 0.6 is 12.4 Å². The van der Waals surface area contributed by atoms with Gasteiger partial charge in [0.25, 0.3) is 0 Å². The van der Waals surface area contributed by atoms with Crippen molar-refractivity contribution in [1.82, 2.24) is 4.90 Å². The first-order chi connectivity index (χ1) is 11.3. The highest BCUT2D eigenvalue weighted by Crippen LogP contribution is 2.19. The molecule has 0 spiro atoms. The summed E-state index contributed by atoms with van der Waals surface area (Å²) in [5, 5.41) is 2.15. The highest BCUT2D eigenvalue weighted by Gasteiger charge is 2.19. The minimum Gasteiger partial charge on any atom is -0.333 e. The van der Waals surface area contributed by atoms with Gasteiger partial charge in [0.2, 0.25) is 11.8 Å². The fraction of sp³-hybridized carbons (Fsp3) is 0.500. The van der Waals surface area contributed by atoms with E-state index >= 15 is 0 Å². The van der Waals surface area contributed by atoms with Crippen molar-refractivity contribution in [2.24, 2.45) is 5.73 Å². The van der Waals surface area contributed by atoms with Gasteiger partial charge in [-0.3, -0.25) is 9.59 Å². The largest absolute Gasteiger partial charge is 0.333 e. The molecule has 5 nitrogen and oxygen atoms in total. The Morgan fingerprint density at radius 2 is 1.88 bits per heavy atom. The van der Waals surface area contributed by atoms with E-state index in [0.717, 1.165) is 6.07 Å². The summed E-state index contributed by atoms with van der Waals surface area (Å²) in [6.07, 6.45) is 1.32. The molecular formula is C16H23ClF3N3O2. The number of nitrogens with zero attached hydrogens (tertiary/aromatic N) is 1. The molecule has 0 heterocycles. The molecule has 0 aliphatic rings. The van der Waals surface area contributed by atoms with Crippen LogP contribution in [0, 0.1) is 17.5 Å². The minimum atomic E-state index is -1.66. The number of carbonyl (C=O) groups excluding carboxylic acids is 2. The maximum Gasteiger partial charge on any atom is 0.244 e. The minimum absolute atomic E-state index is 0.